The van der Waals surface area contributed by atoms with Gasteiger partial charge in [-0.05, 0) is 19.4 Å². The number of amides is 1. The topological polar surface area (TPSA) is 66.9 Å². The zero-order chi connectivity index (χ0) is 16.9. The molecule has 0 saturated heterocycles. The second kappa shape index (κ2) is 7.40. The van der Waals surface area contributed by atoms with Crippen LogP contribution in [0.1, 0.15) is 20.3 Å². The third kappa shape index (κ3) is 3.71. The van der Waals surface area contributed by atoms with Crippen LogP contribution >= 0.6 is 11.3 Å². The van der Waals surface area contributed by atoms with E-state index in [1.54, 1.807) is 17.7 Å². The second-order valence-electron chi connectivity index (χ2n) is 5.82. The molecule has 124 valence electrons. The molecule has 2 aromatic heterocycles. The first kappa shape index (κ1) is 16.4. The number of aromatic nitrogens is 2. The number of anilines is 1. The smallest absolute Gasteiger partial charge is 0.221 e. The van der Waals surface area contributed by atoms with Gasteiger partial charge in [0.15, 0.2) is 0 Å². The summed E-state index contributed by atoms with van der Waals surface area (Å²) in [5, 5.41) is 9.29. The summed E-state index contributed by atoms with van der Waals surface area (Å²) in [5.74, 6) is 0.814. The summed E-state index contributed by atoms with van der Waals surface area (Å²) in [6, 6.07) is 10.4. The molecule has 2 N–H and O–H groups in total. The number of fused-ring (bicyclic) bond motifs is 1. The number of benzene rings is 1. The van der Waals surface area contributed by atoms with Crippen molar-refractivity contribution in [2.75, 3.05) is 11.9 Å². The lowest BCUT2D eigenvalue weighted by atomic mass is 10.1. The Morgan fingerprint density at radius 3 is 2.75 bits per heavy atom. The fourth-order valence-corrected chi connectivity index (χ4v) is 3.44. The number of rotatable bonds is 6. The molecule has 0 atom stereocenters. The highest BCUT2D eigenvalue weighted by Crippen LogP contribution is 2.36. The lowest BCUT2D eigenvalue weighted by Gasteiger charge is -2.10. The average Bonchev–Trinajstić information content (AvgIpc) is 3.00. The molecule has 0 radical (unpaired) electrons. The standard InChI is InChI=1S/C18H20N4OS/c1-12(2)22-15(23)8-9-19-17-16-14(13-6-4-3-5-7-13)10-24-18(16)21-11-20-17/h3-7,10-12H,8-9H2,1-2H3,(H,22,23)(H,19,20,21). The van der Waals surface area contributed by atoms with Crippen molar-refractivity contribution in [1.82, 2.24) is 15.3 Å². The maximum atomic E-state index is 11.8. The predicted molar refractivity (Wildman–Crippen MR) is 99.2 cm³/mol. The molecular formula is C18H20N4OS. The van der Waals surface area contributed by atoms with Crippen molar-refractivity contribution in [2.24, 2.45) is 0 Å². The molecule has 5 nitrogen and oxygen atoms in total. The number of thiophene rings is 1. The summed E-state index contributed by atoms with van der Waals surface area (Å²) in [7, 11) is 0. The molecule has 0 aliphatic carbocycles. The largest absolute Gasteiger partial charge is 0.369 e. The van der Waals surface area contributed by atoms with Crippen molar-refractivity contribution in [1.29, 1.82) is 0 Å². The molecule has 3 aromatic rings. The van der Waals surface area contributed by atoms with E-state index in [0.29, 0.717) is 13.0 Å². The van der Waals surface area contributed by atoms with Gasteiger partial charge in [0.1, 0.15) is 17.0 Å². The highest BCUT2D eigenvalue weighted by Gasteiger charge is 2.13. The van der Waals surface area contributed by atoms with Gasteiger partial charge in [-0.15, -0.1) is 11.3 Å². The van der Waals surface area contributed by atoms with Crippen LogP contribution in [0.4, 0.5) is 5.82 Å². The number of nitrogens with one attached hydrogen (secondary N) is 2. The summed E-state index contributed by atoms with van der Waals surface area (Å²) in [4.78, 5) is 21.4. The van der Waals surface area contributed by atoms with Crippen LogP contribution in [0.25, 0.3) is 21.3 Å². The first-order valence-electron chi connectivity index (χ1n) is 7.96. The molecule has 0 aliphatic rings. The van der Waals surface area contributed by atoms with Gasteiger partial charge in [0.05, 0.1) is 5.39 Å². The molecule has 0 aliphatic heterocycles. The zero-order valence-electron chi connectivity index (χ0n) is 13.7. The number of carbonyl (C=O) groups excluding carboxylic acids is 1. The van der Waals surface area contributed by atoms with E-state index in [2.05, 4.69) is 38.1 Å². The molecule has 0 bridgehead atoms. The van der Waals surface area contributed by atoms with Gasteiger partial charge in [-0.1, -0.05) is 30.3 Å². The van der Waals surface area contributed by atoms with E-state index in [-0.39, 0.29) is 11.9 Å². The number of hydrogen-bond donors (Lipinski definition) is 2. The number of carbonyl (C=O) groups is 1. The van der Waals surface area contributed by atoms with Gasteiger partial charge in [-0.25, -0.2) is 9.97 Å². The van der Waals surface area contributed by atoms with Crippen molar-refractivity contribution in [2.45, 2.75) is 26.3 Å². The lowest BCUT2D eigenvalue weighted by molar-refractivity contribution is -0.121. The molecule has 0 fully saturated rings. The van der Waals surface area contributed by atoms with Crippen molar-refractivity contribution >= 4 is 33.3 Å². The van der Waals surface area contributed by atoms with Gasteiger partial charge in [-0.3, -0.25) is 4.79 Å². The molecule has 0 saturated carbocycles. The molecular weight excluding hydrogens is 320 g/mol. The van der Waals surface area contributed by atoms with Gasteiger partial charge < -0.3 is 10.6 Å². The first-order chi connectivity index (χ1) is 11.6. The Hall–Kier alpha value is -2.47. The monoisotopic (exact) mass is 340 g/mol. The molecule has 1 amide bonds. The van der Waals surface area contributed by atoms with Gasteiger partial charge in [-0.2, -0.15) is 0 Å². The first-order valence-corrected chi connectivity index (χ1v) is 8.84. The lowest BCUT2D eigenvalue weighted by Crippen LogP contribution is -2.31. The van der Waals surface area contributed by atoms with Crippen LogP contribution < -0.4 is 10.6 Å². The van der Waals surface area contributed by atoms with E-state index >= 15 is 0 Å². The second-order valence-corrected chi connectivity index (χ2v) is 6.67. The normalized spacial score (nSPS) is 11.0. The molecule has 3 rings (SSSR count). The fourth-order valence-electron chi connectivity index (χ4n) is 2.53. The Labute approximate surface area is 145 Å². The minimum atomic E-state index is 0.0383. The summed E-state index contributed by atoms with van der Waals surface area (Å²) in [6.07, 6.45) is 1.97. The van der Waals surface area contributed by atoms with E-state index in [1.807, 2.05) is 32.0 Å². The summed E-state index contributed by atoms with van der Waals surface area (Å²) in [5.41, 5.74) is 2.25. The SMILES string of the molecule is CC(C)NC(=O)CCNc1ncnc2scc(-c3ccccc3)c12. The quantitative estimate of drug-likeness (QED) is 0.718. The Bertz CT molecular complexity index is 829. The molecule has 0 spiro atoms. The zero-order valence-corrected chi connectivity index (χ0v) is 14.6. The van der Waals surface area contributed by atoms with Crippen molar-refractivity contribution in [3.8, 4) is 11.1 Å². The maximum absolute atomic E-state index is 11.8. The van der Waals surface area contributed by atoms with Crippen molar-refractivity contribution < 1.29 is 4.79 Å². The molecule has 2 heterocycles. The third-order valence-corrected chi connectivity index (χ3v) is 4.44. The van der Waals surface area contributed by atoms with Gasteiger partial charge in [0.2, 0.25) is 5.91 Å². The Kier molecular flexibility index (Phi) is 5.05. The van der Waals surface area contributed by atoms with Crippen LogP contribution in [0.3, 0.4) is 0 Å². The van der Waals surface area contributed by atoms with Crippen LogP contribution in [-0.4, -0.2) is 28.5 Å². The summed E-state index contributed by atoms with van der Waals surface area (Å²) < 4.78 is 0. The number of hydrogen-bond acceptors (Lipinski definition) is 5. The third-order valence-electron chi connectivity index (χ3n) is 3.55. The summed E-state index contributed by atoms with van der Waals surface area (Å²) in [6.45, 7) is 4.45. The van der Waals surface area contributed by atoms with Gasteiger partial charge in [0, 0.05) is 30.0 Å². The van der Waals surface area contributed by atoms with E-state index in [0.717, 1.165) is 27.2 Å². The minimum Gasteiger partial charge on any atom is -0.369 e. The predicted octanol–water partition coefficient (Wildman–Crippen LogP) is 3.68. The molecule has 6 heteroatoms. The van der Waals surface area contributed by atoms with Crippen LogP contribution in [0.5, 0.6) is 0 Å². The van der Waals surface area contributed by atoms with E-state index in [1.165, 1.54) is 0 Å². The molecule has 24 heavy (non-hydrogen) atoms. The Morgan fingerprint density at radius 2 is 2.00 bits per heavy atom. The minimum absolute atomic E-state index is 0.0383. The van der Waals surface area contributed by atoms with Crippen LogP contribution in [0, 0.1) is 0 Å². The van der Waals surface area contributed by atoms with Crippen molar-refractivity contribution in [3.05, 3.63) is 42.0 Å². The van der Waals surface area contributed by atoms with E-state index < -0.39 is 0 Å². The average molecular weight is 340 g/mol. The molecule has 0 unspecified atom stereocenters. The van der Waals surface area contributed by atoms with Crippen LogP contribution in [0.15, 0.2) is 42.0 Å². The highest BCUT2D eigenvalue weighted by atomic mass is 32.1. The molecule has 1 aromatic carbocycles. The Morgan fingerprint density at radius 1 is 1.21 bits per heavy atom. The summed E-state index contributed by atoms with van der Waals surface area (Å²) >= 11 is 1.60. The number of nitrogens with zero attached hydrogens (tertiary/aromatic N) is 2. The van der Waals surface area contributed by atoms with Gasteiger partial charge >= 0.3 is 0 Å². The van der Waals surface area contributed by atoms with E-state index in [9.17, 15) is 4.79 Å². The van der Waals surface area contributed by atoms with Crippen LogP contribution in [-0.2, 0) is 4.79 Å². The van der Waals surface area contributed by atoms with Crippen LogP contribution in [0.2, 0.25) is 0 Å². The fraction of sp³-hybridized carbons (Fsp3) is 0.278. The van der Waals surface area contributed by atoms with E-state index in [4.69, 9.17) is 0 Å². The Balaban J connectivity index is 1.81. The maximum Gasteiger partial charge on any atom is 0.221 e. The highest BCUT2D eigenvalue weighted by molar-refractivity contribution is 7.17. The van der Waals surface area contributed by atoms with Crippen molar-refractivity contribution in [3.63, 3.8) is 0 Å². The van der Waals surface area contributed by atoms with Gasteiger partial charge in [0.25, 0.3) is 0 Å².